The Balaban J connectivity index is 1.73. The Morgan fingerprint density at radius 3 is 2.52 bits per heavy atom. The van der Waals surface area contributed by atoms with E-state index in [1.165, 1.54) is 17.5 Å². The summed E-state index contributed by atoms with van der Waals surface area (Å²) in [5, 5.41) is 4.26. The average Bonchev–Trinajstić information content (AvgIpc) is 2.97. The summed E-state index contributed by atoms with van der Waals surface area (Å²) in [6.45, 7) is 6.13. The zero-order valence-corrected chi connectivity index (χ0v) is 13.6. The maximum Gasteiger partial charge on any atom is 0.230 e. The highest BCUT2D eigenvalue weighted by atomic mass is 15.2. The smallest absolute Gasteiger partial charge is 0.230 e. The number of anilines is 2. The number of benzene rings is 1. The van der Waals surface area contributed by atoms with Gasteiger partial charge in [-0.2, -0.15) is 0 Å². The lowest BCUT2D eigenvalue weighted by molar-refractivity contribution is 0.898. The van der Waals surface area contributed by atoms with Gasteiger partial charge in [-0.3, -0.25) is 5.32 Å². The van der Waals surface area contributed by atoms with Gasteiger partial charge in [0.1, 0.15) is 0 Å². The lowest BCUT2D eigenvalue weighted by Crippen LogP contribution is -2.06. The molecular weight excluding hydrogens is 286 g/mol. The second-order valence-electron chi connectivity index (χ2n) is 6.19. The molecule has 0 fully saturated rings. The molecule has 0 amide bonds. The summed E-state index contributed by atoms with van der Waals surface area (Å²) in [5.41, 5.74) is 6.63. The van der Waals surface area contributed by atoms with Gasteiger partial charge in [-0.1, -0.05) is 11.6 Å². The van der Waals surface area contributed by atoms with Crippen molar-refractivity contribution in [2.45, 2.75) is 40.0 Å². The highest BCUT2D eigenvalue weighted by Gasteiger charge is 2.17. The lowest BCUT2D eigenvalue weighted by atomic mass is 10.1. The number of rotatable bonds is 2. The monoisotopic (exact) mass is 305 g/mol. The summed E-state index contributed by atoms with van der Waals surface area (Å²) < 4.78 is 0. The van der Waals surface area contributed by atoms with Gasteiger partial charge in [0, 0.05) is 16.8 Å². The van der Waals surface area contributed by atoms with Gasteiger partial charge in [0.2, 0.25) is 11.9 Å². The Morgan fingerprint density at radius 1 is 0.870 bits per heavy atom. The predicted molar refractivity (Wildman–Crippen MR) is 91.1 cm³/mol. The van der Waals surface area contributed by atoms with Crippen molar-refractivity contribution in [2.24, 2.45) is 0 Å². The van der Waals surface area contributed by atoms with Gasteiger partial charge in [0.15, 0.2) is 0 Å². The fourth-order valence-corrected chi connectivity index (χ4v) is 3.23. The van der Waals surface area contributed by atoms with Crippen LogP contribution in [0.5, 0.6) is 0 Å². The van der Waals surface area contributed by atoms with E-state index in [1.807, 2.05) is 19.9 Å². The molecule has 1 aromatic carbocycles. The Hall–Kier alpha value is -2.56. The number of hydrogen-bond donors (Lipinski definition) is 1. The summed E-state index contributed by atoms with van der Waals surface area (Å²) in [7, 11) is 0. The maximum atomic E-state index is 4.63. The summed E-state index contributed by atoms with van der Waals surface area (Å²) >= 11 is 0. The van der Waals surface area contributed by atoms with E-state index in [1.54, 1.807) is 0 Å². The number of nitrogens with zero attached hydrogens (tertiary/aromatic N) is 4. The van der Waals surface area contributed by atoms with Crippen LogP contribution in [0.25, 0.3) is 10.9 Å². The van der Waals surface area contributed by atoms with E-state index >= 15 is 0 Å². The molecule has 0 atom stereocenters. The van der Waals surface area contributed by atoms with Gasteiger partial charge in [-0.25, -0.2) is 19.9 Å². The topological polar surface area (TPSA) is 63.6 Å². The Labute approximate surface area is 135 Å². The quantitative estimate of drug-likeness (QED) is 0.784. The Bertz CT molecular complexity index is 917. The molecule has 2 aromatic heterocycles. The number of nitrogens with one attached hydrogen (secondary N) is 1. The fraction of sp³-hybridized carbons (Fsp3) is 0.333. The third kappa shape index (κ3) is 2.52. The van der Waals surface area contributed by atoms with Crippen molar-refractivity contribution >= 4 is 22.8 Å². The molecule has 0 aliphatic heterocycles. The average molecular weight is 305 g/mol. The predicted octanol–water partition coefficient (Wildman–Crippen LogP) is 3.58. The molecule has 4 rings (SSSR count). The summed E-state index contributed by atoms with van der Waals surface area (Å²) in [6.07, 6.45) is 3.29. The third-order valence-corrected chi connectivity index (χ3v) is 4.41. The molecule has 0 saturated heterocycles. The van der Waals surface area contributed by atoms with Crippen LogP contribution in [-0.2, 0) is 12.8 Å². The summed E-state index contributed by atoms with van der Waals surface area (Å²) in [4.78, 5) is 18.3. The molecule has 116 valence electrons. The van der Waals surface area contributed by atoms with Crippen molar-refractivity contribution < 1.29 is 0 Å². The van der Waals surface area contributed by atoms with E-state index in [2.05, 4.69) is 44.3 Å². The molecule has 2 heterocycles. The van der Waals surface area contributed by atoms with Crippen LogP contribution in [0.3, 0.4) is 0 Å². The van der Waals surface area contributed by atoms with Crippen LogP contribution in [-0.4, -0.2) is 19.9 Å². The second-order valence-corrected chi connectivity index (χ2v) is 6.19. The van der Waals surface area contributed by atoms with Gasteiger partial charge in [-0.05, 0) is 57.7 Å². The molecule has 3 aromatic rings. The van der Waals surface area contributed by atoms with E-state index in [9.17, 15) is 0 Å². The molecule has 5 nitrogen and oxygen atoms in total. The second kappa shape index (κ2) is 5.26. The lowest BCUT2D eigenvalue weighted by Gasteiger charge is -2.10. The summed E-state index contributed by atoms with van der Waals surface area (Å²) in [6, 6.07) is 6.21. The summed E-state index contributed by atoms with van der Waals surface area (Å²) in [5.74, 6) is 1.14. The third-order valence-electron chi connectivity index (χ3n) is 4.41. The first kappa shape index (κ1) is 14.1. The van der Waals surface area contributed by atoms with Gasteiger partial charge in [0.05, 0.1) is 11.2 Å². The van der Waals surface area contributed by atoms with Crippen molar-refractivity contribution in [3.63, 3.8) is 0 Å². The molecule has 1 N–H and O–H groups in total. The van der Waals surface area contributed by atoms with Gasteiger partial charge < -0.3 is 0 Å². The van der Waals surface area contributed by atoms with Crippen molar-refractivity contribution in [1.82, 2.24) is 19.9 Å². The highest BCUT2D eigenvalue weighted by molar-refractivity contribution is 5.82. The van der Waals surface area contributed by atoms with Crippen LogP contribution < -0.4 is 5.32 Å². The van der Waals surface area contributed by atoms with Crippen molar-refractivity contribution in [1.29, 1.82) is 0 Å². The van der Waals surface area contributed by atoms with Crippen LogP contribution in [0.1, 0.15) is 34.6 Å². The van der Waals surface area contributed by atoms with Gasteiger partial charge in [-0.15, -0.1) is 0 Å². The number of fused-ring (bicyclic) bond motifs is 2. The fourth-order valence-electron chi connectivity index (χ4n) is 3.23. The van der Waals surface area contributed by atoms with E-state index in [-0.39, 0.29) is 0 Å². The molecule has 1 aliphatic carbocycles. The zero-order chi connectivity index (χ0) is 16.0. The van der Waals surface area contributed by atoms with Crippen LogP contribution in [0, 0.1) is 20.8 Å². The molecule has 0 bridgehead atoms. The minimum atomic E-state index is 0.552. The van der Waals surface area contributed by atoms with Gasteiger partial charge >= 0.3 is 0 Å². The molecule has 5 heteroatoms. The van der Waals surface area contributed by atoms with Crippen molar-refractivity contribution in [3.8, 4) is 0 Å². The first-order valence-corrected chi connectivity index (χ1v) is 7.98. The van der Waals surface area contributed by atoms with E-state index in [0.717, 1.165) is 40.8 Å². The highest BCUT2D eigenvalue weighted by Crippen LogP contribution is 2.25. The number of hydrogen-bond acceptors (Lipinski definition) is 5. The van der Waals surface area contributed by atoms with Crippen LogP contribution in [0.15, 0.2) is 18.2 Å². The SMILES string of the molecule is Cc1ccc2nc(Nc3nc(C)c4c(n3)CCC4)nc(C)c2c1. The number of aryl methyl sites for hydroxylation is 4. The number of aromatic nitrogens is 4. The molecule has 0 unspecified atom stereocenters. The van der Waals surface area contributed by atoms with Crippen molar-refractivity contribution in [3.05, 3.63) is 46.4 Å². The van der Waals surface area contributed by atoms with E-state index in [4.69, 9.17) is 0 Å². The normalized spacial score (nSPS) is 13.3. The van der Waals surface area contributed by atoms with Crippen LogP contribution in [0.2, 0.25) is 0 Å². The minimum Gasteiger partial charge on any atom is -0.293 e. The minimum absolute atomic E-state index is 0.552. The molecule has 23 heavy (non-hydrogen) atoms. The Morgan fingerprint density at radius 2 is 1.65 bits per heavy atom. The molecule has 0 saturated carbocycles. The van der Waals surface area contributed by atoms with Gasteiger partial charge in [0.25, 0.3) is 0 Å². The first-order valence-electron chi connectivity index (χ1n) is 7.98. The molecule has 0 radical (unpaired) electrons. The standard InChI is InChI=1S/C18H19N5/c1-10-7-8-16-14(9-10)12(3)20-18(22-16)23-17-19-11(2)13-5-4-6-15(13)21-17/h7-9H,4-6H2,1-3H3,(H,19,20,21,22,23). The molecule has 0 spiro atoms. The van der Waals surface area contributed by atoms with E-state index < -0.39 is 0 Å². The molecule has 1 aliphatic rings. The van der Waals surface area contributed by atoms with E-state index in [0.29, 0.717) is 11.9 Å². The van der Waals surface area contributed by atoms with Crippen molar-refractivity contribution in [2.75, 3.05) is 5.32 Å². The van der Waals surface area contributed by atoms with Crippen LogP contribution in [0.4, 0.5) is 11.9 Å². The maximum absolute atomic E-state index is 4.63. The first-order chi connectivity index (χ1) is 11.1. The zero-order valence-electron chi connectivity index (χ0n) is 13.6. The Kier molecular flexibility index (Phi) is 3.22. The van der Waals surface area contributed by atoms with Crippen LogP contribution >= 0.6 is 0 Å². The largest absolute Gasteiger partial charge is 0.293 e. The molecular formula is C18H19N5.